The topological polar surface area (TPSA) is 101 Å². The first-order valence-electron chi connectivity index (χ1n) is 27.5. The maximum absolute atomic E-state index is 10.7. The second-order valence-corrected chi connectivity index (χ2v) is 26.8. The lowest BCUT2D eigenvalue weighted by Crippen LogP contribution is -2.55. The Kier molecular flexibility index (Phi) is 16.4. The molecule has 0 aromatic rings. The molecule has 0 aliphatic heterocycles. The summed E-state index contributed by atoms with van der Waals surface area (Å²) in [6.45, 7) is 30.0. The summed E-state index contributed by atoms with van der Waals surface area (Å²) in [7, 11) is 0. The van der Waals surface area contributed by atoms with Crippen molar-refractivity contribution in [3.8, 4) is 0 Å². The third kappa shape index (κ3) is 10.3. The van der Waals surface area contributed by atoms with Gasteiger partial charge in [-0.05, 0) is 254 Å². The van der Waals surface area contributed by atoms with Crippen molar-refractivity contribution < 1.29 is 25.5 Å². The molecule has 19 atom stereocenters. The Bertz CT molecular complexity index is 1520. The van der Waals surface area contributed by atoms with Crippen LogP contribution >= 0.6 is 0 Å². The van der Waals surface area contributed by atoms with E-state index in [1.807, 2.05) is 6.92 Å². The third-order valence-electron chi connectivity index (χ3n) is 22.2. The normalized spacial score (nSPS) is 47.1. The van der Waals surface area contributed by atoms with Crippen LogP contribution in [0, 0.1) is 98.6 Å². The van der Waals surface area contributed by atoms with Crippen molar-refractivity contribution in [2.75, 3.05) is 6.61 Å². The lowest BCUT2D eigenvalue weighted by atomic mass is 9.43. The van der Waals surface area contributed by atoms with Gasteiger partial charge in [0.25, 0.3) is 0 Å². The van der Waals surface area contributed by atoms with E-state index in [4.69, 9.17) is 5.11 Å². The average molecular weight is 881 g/mol. The molecule has 0 radical (unpaired) electrons. The molecule has 0 aromatic carbocycles. The number of allylic oxidation sites excluding steroid dienone is 1. The zero-order chi connectivity index (χ0) is 46.5. The van der Waals surface area contributed by atoms with Crippen LogP contribution in [0.5, 0.6) is 0 Å². The van der Waals surface area contributed by atoms with Gasteiger partial charge >= 0.3 is 0 Å². The zero-order valence-corrected chi connectivity index (χ0v) is 43.5. The summed E-state index contributed by atoms with van der Waals surface area (Å²) in [5.41, 5.74) is 2.48. The molecule has 0 bridgehead atoms. The van der Waals surface area contributed by atoms with Crippen molar-refractivity contribution in [2.24, 2.45) is 98.6 Å². The van der Waals surface area contributed by atoms with E-state index in [-0.39, 0.29) is 18.8 Å². The Labute approximate surface area is 389 Å². The highest BCUT2D eigenvalue weighted by Gasteiger charge is 2.62. The number of hydrogen-bond acceptors (Lipinski definition) is 5. The van der Waals surface area contributed by atoms with Crippen LogP contribution in [0.1, 0.15) is 225 Å². The van der Waals surface area contributed by atoms with Crippen LogP contribution in [0.4, 0.5) is 0 Å². The maximum Gasteiger partial charge on any atom is 0.0657 e. The first-order chi connectivity index (χ1) is 29.4. The van der Waals surface area contributed by atoms with E-state index in [1.165, 1.54) is 96.3 Å². The summed E-state index contributed by atoms with van der Waals surface area (Å²) in [5.74, 6) is 9.90. The number of hydrogen-bond donors (Lipinski definition) is 5. The Balaban J connectivity index is 0.000000198. The van der Waals surface area contributed by atoms with E-state index in [0.717, 1.165) is 104 Å². The van der Waals surface area contributed by atoms with E-state index in [1.54, 1.807) is 12.5 Å². The predicted octanol–water partition coefficient (Wildman–Crippen LogP) is 13.6. The molecule has 5 nitrogen and oxygen atoms in total. The number of aliphatic hydroxyl groups excluding tert-OH is 3. The summed E-state index contributed by atoms with van der Waals surface area (Å²) in [6, 6.07) is 0. The second kappa shape index (κ2) is 19.9. The van der Waals surface area contributed by atoms with Gasteiger partial charge in [-0.15, -0.1) is 0 Å². The molecule has 366 valence electrons. The lowest BCUT2D eigenvalue weighted by Gasteiger charge is -2.62. The Morgan fingerprint density at radius 2 is 1.02 bits per heavy atom. The SMILES string of the molecule is CC(C)[C@@H](O)CC[C@@H](C)[C@H]1CC[C@H]2[C@@H]3CC=C4C[C@@](C)(O)CC[C@]4(C)[C@H]3CC[C@]12C.CC(C)[C@@H](O)CC[C@@H](C)[C@H]1CC[C@H]2[C@@H]3CCC4C[C@@](C)(O)CC[C@]4(C)[C@H]3CC[C@]12C.CCO. The highest BCUT2D eigenvalue weighted by molar-refractivity contribution is 5.27. The standard InChI is InChI=1S/C28H50O2.C28H48O2.C2H6O/c2*1-18(2)25(29)12-7-19(3)22-10-11-23-21-9-8-20-17-26(4,30)15-16-27(20,5)24(21)13-14-28(22,23)6;1-2-3/h18-25,29-30H,7-17H2,1-6H3;8,18-19,21-25,29-30H,7,9-17H2,1-6H3;3H,2H2,1H3/t19-,20?,21+,22-,23+,24+,25+,26+,27+,28-;19-,21+,22-,23+,24+,25+,26+,27+,28-;/m11./s1. The van der Waals surface area contributed by atoms with E-state index in [2.05, 4.69) is 82.2 Å². The van der Waals surface area contributed by atoms with Crippen LogP contribution in [0.25, 0.3) is 0 Å². The third-order valence-corrected chi connectivity index (χ3v) is 22.2. The van der Waals surface area contributed by atoms with Gasteiger partial charge in [-0.25, -0.2) is 0 Å². The first-order valence-corrected chi connectivity index (χ1v) is 27.5. The smallest absolute Gasteiger partial charge is 0.0657 e. The fraction of sp³-hybridized carbons (Fsp3) is 0.966. The molecule has 7 saturated carbocycles. The minimum absolute atomic E-state index is 0.132. The van der Waals surface area contributed by atoms with E-state index in [0.29, 0.717) is 33.5 Å². The molecule has 1 unspecified atom stereocenters. The summed E-state index contributed by atoms with van der Waals surface area (Å²) in [5, 5.41) is 49.6. The molecule has 0 aromatic heterocycles. The number of fused-ring (bicyclic) bond motifs is 10. The van der Waals surface area contributed by atoms with Gasteiger partial charge in [-0.2, -0.15) is 0 Å². The molecule has 8 rings (SSSR count). The van der Waals surface area contributed by atoms with Crippen LogP contribution in [0.3, 0.4) is 0 Å². The van der Waals surface area contributed by atoms with Crippen LogP contribution in [-0.2, 0) is 0 Å². The Hall–Kier alpha value is -0.460. The Morgan fingerprint density at radius 3 is 1.54 bits per heavy atom. The molecular formula is C58H104O5. The van der Waals surface area contributed by atoms with Crippen LogP contribution in [-0.4, -0.2) is 55.5 Å². The second-order valence-electron chi connectivity index (χ2n) is 26.8. The summed E-state index contributed by atoms with van der Waals surface area (Å²) >= 11 is 0. The van der Waals surface area contributed by atoms with Crippen LogP contribution in [0.15, 0.2) is 11.6 Å². The zero-order valence-electron chi connectivity index (χ0n) is 43.5. The van der Waals surface area contributed by atoms with E-state index < -0.39 is 11.2 Å². The van der Waals surface area contributed by atoms with Crippen LogP contribution in [0.2, 0.25) is 0 Å². The van der Waals surface area contributed by atoms with Crippen molar-refractivity contribution in [2.45, 2.75) is 248 Å². The van der Waals surface area contributed by atoms with Gasteiger partial charge in [0.15, 0.2) is 0 Å². The van der Waals surface area contributed by atoms with E-state index >= 15 is 0 Å². The molecule has 0 saturated heterocycles. The molecule has 5 N–H and O–H groups in total. The molecule has 0 spiro atoms. The monoisotopic (exact) mass is 881 g/mol. The molecule has 8 aliphatic rings. The maximum atomic E-state index is 10.7. The lowest BCUT2D eigenvalue weighted by molar-refractivity contribution is -0.148. The molecule has 5 heteroatoms. The van der Waals surface area contributed by atoms with Gasteiger partial charge in [0, 0.05) is 6.61 Å². The van der Waals surface area contributed by atoms with E-state index in [9.17, 15) is 20.4 Å². The largest absolute Gasteiger partial charge is 0.397 e. The van der Waals surface area contributed by atoms with Crippen molar-refractivity contribution in [1.29, 1.82) is 0 Å². The van der Waals surface area contributed by atoms with Gasteiger partial charge in [-0.3, -0.25) is 0 Å². The summed E-state index contributed by atoms with van der Waals surface area (Å²) in [6.07, 6.45) is 28.2. The summed E-state index contributed by atoms with van der Waals surface area (Å²) < 4.78 is 0. The average Bonchev–Trinajstić information content (AvgIpc) is 3.76. The molecule has 0 amide bonds. The van der Waals surface area contributed by atoms with Gasteiger partial charge in [-0.1, -0.05) is 80.9 Å². The fourth-order valence-corrected chi connectivity index (χ4v) is 18.1. The fourth-order valence-electron chi connectivity index (χ4n) is 18.1. The quantitative estimate of drug-likeness (QED) is 0.141. The minimum atomic E-state index is -0.490. The van der Waals surface area contributed by atoms with Gasteiger partial charge in [0.1, 0.15) is 0 Å². The molecule has 0 heterocycles. The van der Waals surface area contributed by atoms with Crippen molar-refractivity contribution in [3.05, 3.63) is 11.6 Å². The van der Waals surface area contributed by atoms with Gasteiger partial charge < -0.3 is 25.5 Å². The highest BCUT2D eigenvalue weighted by atomic mass is 16.3. The minimum Gasteiger partial charge on any atom is -0.397 e. The van der Waals surface area contributed by atoms with Gasteiger partial charge in [0.05, 0.1) is 23.4 Å². The van der Waals surface area contributed by atoms with Crippen molar-refractivity contribution in [3.63, 3.8) is 0 Å². The van der Waals surface area contributed by atoms with Crippen LogP contribution < -0.4 is 0 Å². The van der Waals surface area contributed by atoms with Gasteiger partial charge in [0.2, 0.25) is 0 Å². The molecule has 63 heavy (non-hydrogen) atoms. The molecular weight excluding hydrogens is 777 g/mol. The Morgan fingerprint density at radius 1 is 0.540 bits per heavy atom. The highest BCUT2D eigenvalue weighted by Crippen LogP contribution is 2.70. The number of aliphatic hydroxyl groups is 5. The molecule has 7 fully saturated rings. The first kappa shape index (κ1) is 51.9. The van der Waals surface area contributed by atoms with Crippen molar-refractivity contribution in [1.82, 2.24) is 0 Å². The summed E-state index contributed by atoms with van der Waals surface area (Å²) in [4.78, 5) is 0. The molecule has 8 aliphatic carbocycles. The van der Waals surface area contributed by atoms with Crippen molar-refractivity contribution >= 4 is 0 Å². The predicted molar refractivity (Wildman–Crippen MR) is 263 cm³/mol. The number of rotatable bonds is 10.